The van der Waals surface area contributed by atoms with E-state index in [1.807, 2.05) is 6.92 Å². The van der Waals surface area contributed by atoms with Crippen LogP contribution in [0.25, 0.3) is 0 Å². The summed E-state index contributed by atoms with van der Waals surface area (Å²) in [6.45, 7) is 6.20. The van der Waals surface area contributed by atoms with Crippen molar-refractivity contribution in [2.75, 3.05) is 39.7 Å². The Balaban J connectivity index is 2.01. The van der Waals surface area contributed by atoms with Gasteiger partial charge in [-0.05, 0) is 38.5 Å². The summed E-state index contributed by atoms with van der Waals surface area (Å²) in [5, 5.41) is 0. The number of carbonyl (C=O) groups excluding carboxylic acids is 2. The first-order valence-electron chi connectivity index (χ1n) is 8.58. The van der Waals surface area contributed by atoms with Crippen LogP contribution < -0.4 is 9.47 Å². The molecule has 1 aliphatic rings. The van der Waals surface area contributed by atoms with E-state index in [0.29, 0.717) is 56.4 Å². The van der Waals surface area contributed by atoms with Gasteiger partial charge in [0.15, 0.2) is 11.5 Å². The molecule has 138 valence electrons. The Kier molecular flexibility index (Phi) is 7.53. The lowest BCUT2D eigenvalue weighted by atomic mass is 10.1. The van der Waals surface area contributed by atoms with Crippen LogP contribution in [-0.4, -0.2) is 56.5 Å². The molecule has 0 N–H and O–H groups in total. The number of amides is 1. The molecule has 7 heteroatoms. The van der Waals surface area contributed by atoms with Crippen LogP contribution in [0, 0.1) is 0 Å². The standard InChI is InChI=1S/C18H25NO6/c1-3-22-11-5-9-19(10-8-17(20)23-4-2)18(21)14-6-7-15-16(12-14)25-13-24-15/h6-7,12H,3-5,8-11,13H2,1-2H3. The van der Waals surface area contributed by atoms with Crippen LogP contribution in [0.5, 0.6) is 11.5 Å². The molecular formula is C18H25NO6. The molecule has 0 aliphatic carbocycles. The molecule has 2 rings (SSSR count). The van der Waals surface area contributed by atoms with Crippen molar-refractivity contribution in [3.8, 4) is 11.5 Å². The first-order valence-corrected chi connectivity index (χ1v) is 8.58. The van der Waals surface area contributed by atoms with Crippen LogP contribution in [0.3, 0.4) is 0 Å². The third kappa shape index (κ3) is 5.63. The van der Waals surface area contributed by atoms with E-state index in [-0.39, 0.29) is 25.1 Å². The summed E-state index contributed by atoms with van der Waals surface area (Å²) in [7, 11) is 0. The lowest BCUT2D eigenvalue weighted by Gasteiger charge is -2.22. The Labute approximate surface area is 147 Å². The number of hydrogen-bond donors (Lipinski definition) is 0. The minimum absolute atomic E-state index is 0.154. The van der Waals surface area contributed by atoms with Crippen molar-refractivity contribution in [2.45, 2.75) is 26.7 Å². The zero-order chi connectivity index (χ0) is 18.1. The fraction of sp³-hybridized carbons (Fsp3) is 0.556. The van der Waals surface area contributed by atoms with Gasteiger partial charge in [-0.2, -0.15) is 0 Å². The summed E-state index contributed by atoms with van der Waals surface area (Å²) >= 11 is 0. The molecule has 0 saturated carbocycles. The van der Waals surface area contributed by atoms with Crippen molar-refractivity contribution < 1.29 is 28.5 Å². The van der Waals surface area contributed by atoms with Gasteiger partial charge >= 0.3 is 5.97 Å². The number of rotatable bonds is 10. The maximum absolute atomic E-state index is 12.8. The third-order valence-corrected chi connectivity index (χ3v) is 3.72. The predicted molar refractivity (Wildman–Crippen MR) is 90.8 cm³/mol. The van der Waals surface area contributed by atoms with Crippen LogP contribution in [0.2, 0.25) is 0 Å². The lowest BCUT2D eigenvalue weighted by Crippen LogP contribution is -2.34. The fourth-order valence-corrected chi connectivity index (χ4v) is 2.49. The smallest absolute Gasteiger partial charge is 0.307 e. The van der Waals surface area contributed by atoms with Crippen LogP contribution >= 0.6 is 0 Å². The number of ether oxygens (including phenoxy) is 4. The molecule has 1 heterocycles. The van der Waals surface area contributed by atoms with Gasteiger partial charge in [-0.25, -0.2) is 0 Å². The zero-order valence-electron chi connectivity index (χ0n) is 14.8. The monoisotopic (exact) mass is 351 g/mol. The van der Waals surface area contributed by atoms with E-state index in [9.17, 15) is 9.59 Å². The Morgan fingerprint density at radius 2 is 1.92 bits per heavy atom. The molecule has 1 amide bonds. The maximum Gasteiger partial charge on any atom is 0.307 e. The van der Waals surface area contributed by atoms with E-state index in [1.54, 1.807) is 30.0 Å². The first kappa shape index (κ1) is 19.1. The van der Waals surface area contributed by atoms with E-state index in [1.165, 1.54) is 0 Å². The predicted octanol–water partition coefficient (Wildman–Crippen LogP) is 2.24. The van der Waals surface area contributed by atoms with Crippen LogP contribution in [0.4, 0.5) is 0 Å². The highest BCUT2D eigenvalue weighted by atomic mass is 16.7. The lowest BCUT2D eigenvalue weighted by molar-refractivity contribution is -0.143. The number of fused-ring (bicyclic) bond motifs is 1. The largest absolute Gasteiger partial charge is 0.466 e. The second kappa shape index (κ2) is 9.88. The van der Waals surface area contributed by atoms with Gasteiger partial charge in [0.1, 0.15) is 0 Å². The van der Waals surface area contributed by atoms with Gasteiger partial charge in [0.25, 0.3) is 5.91 Å². The fourth-order valence-electron chi connectivity index (χ4n) is 2.49. The Hall–Kier alpha value is -2.28. The molecule has 0 fully saturated rings. The van der Waals surface area contributed by atoms with Gasteiger partial charge < -0.3 is 23.8 Å². The molecule has 0 bridgehead atoms. The normalized spacial score (nSPS) is 12.1. The summed E-state index contributed by atoms with van der Waals surface area (Å²) in [6, 6.07) is 5.10. The molecule has 0 radical (unpaired) electrons. The maximum atomic E-state index is 12.8. The molecular weight excluding hydrogens is 326 g/mol. The SMILES string of the molecule is CCOCCCN(CCC(=O)OCC)C(=O)c1ccc2c(c1)OCO2. The highest BCUT2D eigenvalue weighted by Gasteiger charge is 2.21. The molecule has 0 unspecified atom stereocenters. The molecule has 0 saturated heterocycles. The topological polar surface area (TPSA) is 74.3 Å². The average Bonchev–Trinajstić information content (AvgIpc) is 3.08. The van der Waals surface area contributed by atoms with Crippen molar-refractivity contribution in [1.29, 1.82) is 0 Å². The van der Waals surface area contributed by atoms with Crippen molar-refractivity contribution in [3.05, 3.63) is 23.8 Å². The van der Waals surface area contributed by atoms with Gasteiger partial charge in [-0.1, -0.05) is 0 Å². The van der Waals surface area contributed by atoms with E-state index in [0.717, 1.165) is 0 Å². The van der Waals surface area contributed by atoms with Crippen LogP contribution in [0.1, 0.15) is 37.0 Å². The van der Waals surface area contributed by atoms with Crippen molar-refractivity contribution in [2.24, 2.45) is 0 Å². The number of carbonyl (C=O) groups is 2. The van der Waals surface area contributed by atoms with Crippen LogP contribution in [-0.2, 0) is 14.3 Å². The summed E-state index contributed by atoms with van der Waals surface area (Å²) in [5.74, 6) is 0.728. The van der Waals surface area contributed by atoms with Gasteiger partial charge in [0.2, 0.25) is 6.79 Å². The molecule has 7 nitrogen and oxygen atoms in total. The van der Waals surface area contributed by atoms with E-state index in [2.05, 4.69) is 0 Å². The second-order valence-electron chi connectivity index (χ2n) is 5.47. The number of esters is 1. The molecule has 1 aromatic carbocycles. The summed E-state index contributed by atoms with van der Waals surface area (Å²) < 4.78 is 20.9. The quantitative estimate of drug-likeness (QED) is 0.475. The van der Waals surface area contributed by atoms with Gasteiger partial charge in [-0.15, -0.1) is 0 Å². The Morgan fingerprint density at radius 3 is 2.68 bits per heavy atom. The number of hydrogen-bond acceptors (Lipinski definition) is 6. The highest BCUT2D eigenvalue weighted by Crippen LogP contribution is 2.32. The highest BCUT2D eigenvalue weighted by molar-refractivity contribution is 5.95. The first-order chi connectivity index (χ1) is 12.2. The zero-order valence-corrected chi connectivity index (χ0v) is 14.8. The summed E-state index contributed by atoms with van der Waals surface area (Å²) in [4.78, 5) is 26.1. The second-order valence-corrected chi connectivity index (χ2v) is 5.47. The molecule has 1 aliphatic heterocycles. The average molecular weight is 351 g/mol. The molecule has 0 spiro atoms. The Bertz CT molecular complexity index is 589. The molecule has 0 atom stereocenters. The van der Waals surface area contributed by atoms with Gasteiger partial charge in [-0.3, -0.25) is 9.59 Å². The van der Waals surface area contributed by atoms with Crippen molar-refractivity contribution in [3.63, 3.8) is 0 Å². The van der Waals surface area contributed by atoms with E-state index in [4.69, 9.17) is 18.9 Å². The van der Waals surface area contributed by atoms with E-state index >= 15 is 0 Å². The number of benzene rings is 1. The summed E-state index contributed by atoms with van der Waals surface area (Å²) in [6.07, 6.45) is 0.867. The van der Waals surface area contributed by atoms with Crippen molar-refractivity contribution >= 4 is 11.9 Å². The minimum atomic E-state index is -0.309. The van der Waals surface area contributed by atoms with Crippen molar-refractivity contribution in [1.82, 2.24) is 4.90 Å². The van der Waals surface area contributed by atoms with Gasteiger partial charge in [0, 0.05) is 31.9 Å². The van der Waals surface area contributed by atoms with Crippen LogP contribution in [0.15, 0.2) is 18.2 Å². The third-order valence-electron chi connectivity index (χ3n) is 3.72. The van der Waals surface area contributed by atoms with E-state index < -0.39 is 0 Å². The number of nitrogens with zero attached hydrogens (tertiary/aromatic N) is 1. The molecule has 1 aromatic rings. The Morgan fingerprint density at radius 1 is 1.12 bits per heavy atom. The molecule has 25 heavy (non-hydrogen) atoms. The van der Waals surface area contributed by atoms with Gasteiger partial charge in [0.05, 0.1) is 13.0 Å². The summed E-state index contributed by atoms with van der Waals surface area (Å²) in [5.41, 5.74) is 0.504. The minimum Gasteiger partial charge on any atom is -0.466 e. The molecule has 0 aromatic heterocycles.